The normalized spacial score (nSPS) is 17.4. The van der Waals surface area contributed by atoms with Crippen molar-refractivity contribution in [1.82, 2.24) is 4.90 Å². The highest BCUT2D eigenvalue weighted by Crippen LogP contribution is 2.34. The van der Waals surface area contributed by atoms with Crippen molar-refractivity contribution in [2.24, 2.45) is 0 Å². The Morgan fingerprint density at radius 2 is 1.90 bits per heavy atom. The van der Waals surface area contributed by atoms with Crippen molar-refractivity contribution in [2.45, 2.75) is 11.7 Å². The molecule has 1 heterocycles. The molecule has 0 N–H and O–H groups in total. The zero-order valence-electron chi connectivity index (χ0n) is 10.9. The minimum Gasteiger partial charge on any atom is -0.405 e. The molecule has 116 valence electrons. The summed E-state index contributed by atoms with van der Waals surface area (Å²) in [4.78, 5) is 13.7. The third kappa shape index (κ3) is 4.25. The van der Waals surface area contributed by atoms with Crippen molar-refractivity contribution >= 4 is 17.5 Å². The summed E-state index contributed by atoms with van der Waals surface area (Å²) < 4.78 is 46.1. The number of benzene rings is 1. The second-order valence-corrected chi connectivity index (χ2v) is 4.82. The fourth-order valence-electron chi connectivity index (χ4n) is 1.98. The Morgan fingerprint density at radius 3 is 2.52 bits per heavy atom. The van der Waals surface area contributed by atoms with Gasteiger partial charge < -0.3 is 14.4 Å². The summed E-state index contributed by atoms with van der Waals surface area (Å²) in [7, 11) is 0. The molecule has 0 bridgehead atoms. The van der Waals surface area contributed by atoms with Crippen LogP contribution >= 0.6 is 11.6 Å². The van der Waals surface area contributed by atoms with Gasteiger partial charge >= 0.3 is 6.36 Å². The largest absolute Gasteiger partial charge is 0.573 e. The molecule has 1 amide bonds. The Bertz CT molecular complexity index is 504. The number of nitrogens with zero attached hydrogens (tertiary/aromatic N) is 1. The molecular formula is C13H13ClF3NO3. The lowest BCUT2D eigenvalue weighted by Crippen LogP contribution is -2.42. The molecular weight excluding hydrogens is 311 g/mol. The molecule has 0 spiro atoms. The van der Waals surface area contributed by atoms with Crippen LogP contribution in [0.15, 0.2) is 24.3 Å². The number of hydrogen-bond donors (Lipinski definition) is 0. The average Bonchev–Trinajstić information content (AvgIpc) is 2.45. The number of amides is 1. The van der Waals surface area contributed by atoms with E-state index in [1.165, 1.54) is 23.1 Å². The van der Waals surface area contributed by atoms with Gasteiger partial charge in [-0.1, -0.05) is 18.2 Å². The number of carbonyl (C=O) groups excluding carboxylic acids is 1. The van der Waals surface area contributed by atoms with Gasteiger partial charge in [0.15, 0.2) is 0 Å². The zero-order chi connectivity index (χ0) is 15.5. The van der Waals surface area contributed by atoms with Crippen molar-refractivity contribution < 1.29 is 27.4 Å². The van der Waals surface area contributed by atoms with Crippen LogP contribution in [-0.2, 0) is 9.53 Å². The van der Waals surface area contributed by atoms with Crippen molar-refractivity contribution in [1.29, 1.82) is 0 Å². The molecule has 1 aliphatic heterocycles. The van der Waals surface area contributed by atoms with Crippen molar-refractivity contribution in [2.75, 3.05) is 26.3 Å². The van der Waals surface area contributed by atoms with Crippen LogP contribution < -0.4 is 4.74 Å². The molecule has 1 fully saturated rings. The molecule has 1 aromatic carbocycles. The van der Waals surface area contributed by atoms with E-state index in [1.54, 1.807) is 0 Å². The van der Waals surface area contributed by atoms with E-state index >= 15 is 0 Å². The maximum atomic E-state index is 12.4. The number of morpholine rings is 1. The number of carbonyl (C=O) groups is 1. The minimum absolute atomic E-state index is 0.00650. The molecule has 4 nitrogen and oxygen atoms in total. The molecule has 1 aromatic rings. The highest BCUT2D eigenvalue weighted by Gasteiger charge is 2.34. The topological polar surface area (TPSA) is 38.8 Å². The summed E-state index contributed by atoms with van der Waals surface area (Å²) in [6.07, 6.45) is -4.84. The lowest BCUT2D eigenvalue weighted by molar-refractivity contribution is -0.274. The lowest BCUT2D eigenvalue weighted by atomic mass is 10.1. The van der Waals surface area contributed by atoms with Crippen LogP contribution in [0.3, 0.4) is 0 Å². The Hall–Kier alpha value is -1.47. The number of ether oxygens (including phenoxy) is 2. The van der Waals surface area contributed by atoms with Crippen LogP contribution in [0.1, 0.15) is 10.9 Å². The van der Waals surface area contributed by atoms with Gasteiger partial charge in [-0.25, -0.2) is 0 Å². The highest BCUT2D eigenvalue weighted by molar-refractivity contribution is 6.31. The molecule has 8 heteroatoms. The minimum atomic E-state index is -4.84. The Kier molecular flexibility index (Phi) is 4.95. The monoisotopic (exact) mass is 323 g/mol. The van der Waals surface area contributed by atoms with Gasteiger partial charge in [0, 0.05) is 18.7 Å². The molecule has 0 aromatic heterocycles. The van der Waals surface area contributed by atoms with E-state index in [-0.39, 0.29) is 5.56 Å². The summed E-state index contributed by atoms with van der Waals surface area (Å²) in [5, 5.41) is -1.23. The second-order valence-electron chi connectivity index (χ2n) is 4.39. The van der Waals surface area contributed by atoms with Crippen LogP contribution in [0.2, 0.25) is 0 Å². The molecule has 0 aliphatic carbocycles. The summed E-state index contributed by atoms with van der Waals surface area (Å²) in [5.74, 6) is -0.926. The van der Waals surface area contributed by atoms with Gasteiger partial charge in [0.25, 0.3) is 0 Å². The Morgan fingerprint density at radius 1 is 1.29 bits per heavy atom. The summed E-state index contributed by atoms with van der Waals surface area (Å²) in [6.45, 7) is 1.50. The summed E-state index contributed by atoms with van der Waals surface area (Å²) >= 11 is 6.04. The van der Waals surface area contributed by atoms with Crippen LogP contribution in [0.5, 0.6) is 5.75 Å². The maximum Gasteiger partial charge on any atom is 0.573 e. The second kappa shape index (κ2) is 6.53. The smallest absolute Gasteiger partial charge is 0.405 e. The molecule has 21 heavy (non-hydrogen) atoms. The molecule has 1 atom stereocenters. The van der Waals surface area contributed by atoms with Crippen LogP contribution in [-0.4, -0.2) is 43.5 Å². The van der Waals surface area contributed by atoms with E-state index < -0.39 is 23.4 Å². The van der Waals surface area contributed by atoms with E-state index in [9.17, 15) is 18.0 Å². The van der Waals surface area contributed by atoms with Crippen molar-refractivity contribution in [3.63, 3.8) is 0 Å². The first-order valence-corrected chi connectivity index (χ1v) is 6.67. The predicted molar refractivity (Wildman–Crippen MR) is 69.1 cm³/mol. The number of halogens is 4. The van der Waals surface area contributed by atoms with Gasteiger partial charge in [0.2, 0.25) is 5.91 Å². The van der Waals surface area contributed by atoms with Crippen molar-refractivity contribution in [3.05, 3.63) is 29.8 Å². The number of alkyl halides is 4. The van der Waals surface area contributed by atoms with Gasteiger partial charge in [-0.2, -0.15) is 0 Å². The highest BCUT2D eigenvalue weighted by atomic mass is 35.5. The first-order chi connectivity index (χ1) is 9.88. The van der Waals surface area contributed by atoms with Crippen molar-refractivity contribution in [3.8, 4) is 5.75 Å². The van der Waals surface area contributed by atoms with E-state index in [1.807, 2.05) is 0 Å². The van der Waals surface area contributed by atoms with Crippen LogP contribution in [0, 0.1) is 0 Å². The van der Waals surface area contributed by atoms with E-state index in [4.69, 9.17) is 16.3 Å². The van der Waals surface area contributed by atoms with Gasteiger partial charge in [-0.15, -0.1) is 24.8 Å². The maximum absolute atomic E-state index is 12.4. The van der Waals surface area contributed by atoms with Gasteiger partial charge in [0.1, 0.15) is 11.1 Å². The fourth-order valence-corrected chi connectivity index (χ4v) is 2.30. The van der Waals surface area contributed by atoms with E-state index in [2.05, 4.69) is 4.74 Å². The number of para-hydroxylation sites is 1. The molecule has 0 radical (unpaired) electrons. The van der Waals surface area contributed by atoms with Crippen LogP contribution in [0.25, 0.3) is 0 Å². The zero-order valence-corrected chi connectivity index (χ0v) is 11.7. The first-order valence-electron chi connectivity index (χ1n) is 6.24. The van der Waals surface area contributed by atoms with Gasteiger partial charge in [0.05, 0.1) is 13.2 Å². The standard InChI is InChI=1S/C13H13ClF3NO3/c14-11(12(19)18-5-7-20-8-6-18)9-3-1-2-4-10(9)21-13(15,16)17/h1-4,11H,5-8H2. The number of rotatable bonds is 3. The SMILES string of the molecule is O=C(C(Cl)c1ccccc1OC(F)(F)F)N1CCOCC1. The van der Waals surface area contributed by atoms with E-state index in [0.717, 1.165) is 6.07 Å². The lowest BCUT2D eigenvalue weighted by Gasteiger charge is -2.29. The third-order valence-electron chi connectivity index (χ3n) is 2.96. The fraction of sp³-hybridized carbons (Fsp3) is 0.462. The van der Waals surface area contributed by atoms with Crippen LogP contribution in [0.4, 0.5) is 13.2 Å². The third-order valence-corrected chi connectivity index (χ3v) is 3.38. The molecule has 1 unspecified atom stereocenters. The summed E-state index contributed by atoms with van der Waals surface area (Å²) in [6, 6.07) is 5.36. The first kappa shape index (κ1) is 15.9. The average molecular weight is 324 g/mol. The molecule has 1 saturated heterocycles. The number of hydrogen-bond acceptors (Lipinski definition) is 3. The van der Waals surface area contributed by atoms with E-state index in [0.29, 0.717) is 26.3 Å². The van der Waals surface area contributed by atoms with Gasteiger partial charge in [-0.05, 0) is 6.07 Å². The molecule has 0 saturated carbocycles. The molecule has 2 rings (SSSR count). The quantitative estimate of drug-likeness (QED) is 0.803. The Balaban J connectivity index is 2.18. The predicted octanol–water partition coefficient (Wildman–Crippen LogP) is 2.72. The molecule has 1 aliphatic rings. The Labute approximate surface area is 124 Å². The van der Waals surface area contributed by atoms with Gasteiger partial charge in [-0.3, -0.25) is 4.79 Å². The summed E-state index contributed by atoms with van der Waals surface area (Å²) in [5.41, 5.74) is -0.00650.